The van der Waals surface area contributed by atoms with Crippen LogP contribution in [0.5, 0.6) is 11.5 Å². The van der Waals surface area contributed by atoms with Crippen molar-refractivity contribution >= 4 is 100 Å². The fourth-order valence-corrected chi connectivity index (χ4v) is 17.5. The van der Waals surface area contributed by atoms with Gasteiger partial charge in [-0.2, -0.15) is 8.75 Å². The zero-order valence-electron chi connectivity index (χ0n) is 56.0. The molecule has 0 aliphatic carbocycles. The smallest absolute Gasteiger partial charge is 0.340 e. The van der Waals surface area contributed by atoms with Crippen molar-refractivity contribution in [1.82, 2.24) is 8.75 Å². The van der Waals surface area contributed by atoms with Crippen LogP contribution in [0.25, 0.3) is 61.2 Å². The molecular formula is C76H112N2O6S5. The lowest BCUT2D eigenvalue weighted by atomic mass is 10.0. The van der Waals surface area contributed by atoms with Crippen molar-refractivity contribution in [2.45, 2.75) is 298 Å². The fourth-order valence-electron chi connectivity index (χ4n) is 12.4. The molecule has 0 N–H and O–H groups in total. The van der Waals surface area contributed by atoms with Crippen LogP contribution in [-0.2, 0) is 9.47 Å². The zero-order chi connectivity index (χ0) is 62.7. The number of carbonyl (C=O) groups excluding carboxylic acids is 2. The van der Waals surface area contributed by atoms with Gasteiger partial charge in [0.05, 0.1) is 64.2 Å². The van der Waals surface area contributed by atoms with Gasteiger partial charge in [-0.3, -0.25) is 0 Å². The van der Waals surface area contributed by atoms with Gasteiger partial charge in [0, 0.05) is 45.6 Å². The number of aryl methyl sites for hydroxylation is 2. The number of hydrogen-bond donors (Lipinski definition) is 0. The van der Waals surface area contributed by atoms with E-state index in [4.69, 9.17) is 27.7 Å². The molecule has 13 heteroatoms. The molecule has 0 atom stereocenters. The Bertz CT molecular complexity index is 3010. The highest BCUT2D eigenvalue weighted by molar-refractivity contribution is 7.28. The quantitative estimate of drug-likeness (QED) is 0.0275. The van der Waals surface area contributed by atoms with Crippen LogP contribution in [0.4, 0.5) is 0 Å². The average molecular weight is 1310 g/mol. The van der Waals surface area contributed by atoms with Gasteiger partial charge in [-0.1, -0.05) is 259 Å². The van der Waals surface area contributed by atoms with Crippen molar-refractivity contribution in [1.29, 1.82) is 0 Å². The number of hydrogen-bond acceptors (Lipinski definition) is 13. The zero-order valence-corrected chi connectivity index (χ0v) is 60.0. The predicted molar refractivity (Wildman–Crippen MR) is 389 cm³/mol. The molecule has 5 heterocycles. The number of nitrogens with zero attached hydrogens (tertiary/aromatic N) is 2. The third kappa shape index (κ3) is 23.3. The molecule has 5 aromatic heterocycles. The monoisotopic (exact) mass is 1310 g/mol. The Morgan fingerprint density at radius 2 is 0.697 bits per heavy atom. The van der Waals surface area contributed by atoms with E-state index in [0.29, 0.717) is 37.6 Å². The van der Waals surface area contributed by atoms with Gasteiger partial charge in [-0.15, -0.1) is 45.3 Å². The van der Waals surface area contributed by atoms with Gasteiger partial charge >= 0.3 is 11.9 Å². The summed E-state index contributed by atoms with van der Waals surface area (Å²) in [6.45, 7) is 15.3. The molecule has 7 rings (SSSR count). The Labute approximate surface area is 557 Å². The largest absolute Gasteiger partial charge is 0.489 e. The van der Waals surface area contributed by atoms with Gasteiger partial charge in [0.2, 0.25) is 0 Å². The third-order valence-corrected chi connectivity index (χ3v) is 23.1. The third-order valence-electron chi connectivity index (χ3n) is 17.7. The van der Waals surface area contributed by atoms with E-state index in [9.17, 15) is 9.59 Å². The number of aromatic nitrogens is 2. The molecular weight excluding hydrogens is 1200 g/mol. The summed E-state index contributed by atoms with van der Waals surface area (Å²) in [7, 11) is 0. The molecule has 89 heavy (non-hydrogen) atoms. The first kappa shape index (κ1) is 72.5. The molecule has 0 radical (unpaired) electrons. The number of rotatable bonds is 51. The first-order chi connectivity index (χ1) is 43.8. The lowest BCUT2D eigenvalue weighted by Crippen LogP contribution is -2.11. The van der Waals surface area contributed by atoms with Crippen LogP contribution < -0.4 is 9.47 Å². The number of benzene rings is 2. The molecule has 0 fully saturated rings. The minimum atomic E-state index is -0.333. The number of carbonyl (C=O) groups is 2. The Morgan fingerprint density at radius 1 is 0.360 bits per heavy atom. The summed E-state index contributed by atoms with van der Waals surface area (Å²) in [5, 5.41) is 1.50. The summed E-state index contributed by atoms with van der Waals surface area (Å²) in [6, 6.07) is 12.9. The van der Waals surface area contributed by atoms with Crippen molar-refractivity contribution in [3.63, 3.8) is 0 Å². The van der Waals surface area contributed by atoms with E-state index in [1.54, 1.807) is 45.3 Å². The first-order valence-electron chi connectivity index (χ1n) is 35.9. The maximum absolute atomic E-state index is 14.9. The molecule has 7 aromatic rings. The van der Waals surface area contributed by atoms with E-state index in [1.807, 2.05) is 0 Å². The minimum absolute atomic E-state index is 0.333. The Hall–Kier alpha value is -3.88. The lowest BCUT2D eigenvalue weighted by molar-refractivity contribution is 0.0490. The van der Waals surface area contributed by atoms with Crippen LogP contribution in [-0.4, -0.2) is 47.1 Å². The van der Waals surface area contributed by atoms with Crippen molar-refractivity contribution in [3.8, 4) is 41.4 Å². The maximum Gasteiger partial charge on any atom is 0.340 e. The molecule has 0 unspecified atom stereocenters. The SMILES string of the molecule is CCCCCCCCCCCCOC(=O)c1c2cc(-c3ccc(-c4c(OCCCCCCCCCCCC)c(OCCCCCCCCCCCC)c(C)c5nsnc45)s3)sc2c(C(=O)OCCCCCCCCCCCC)c2cc(-c3ccc(C)s3)sc12. The number of esters is 2. The molecule has 8 nitrogen and oxygen atoms in total. The lowest BCUT2D eigenvalue weighted by Gasteiger charge is -2.19. The average Bonchev–Trinajstić information content (AvgIpc) is 1.65. The van der Waals surface area contributed by atoms with Crippen LogP contribution in [0, 0.1) is 13.8 Å². The van der Waals surface area contributed by atoms with Gasteiger partial charge in [0.25, 0.3) is 0 Å². The Kier molecular flexibility index (Phi) is 34.5. The molecule has 0 aliphatic heterocycles. The summed E-state index contributed by atoms with van der Waals surface area (Å²) in [5.74, 6) is 0.868. The van der Waals surface area contributed by atoms with Crippen molar-refractivity contribution in [2.75, 3.05) is 26.4 Å². The van der Waals surface area contributed by atoms with Crippen LogP contribution in [0.3, 0.4) is 0 Å². The van der Waals surface area contributed by atoms with E-state index in [2.05, 4.69) is 77.9 Å². The van der Waals surface area contributed by atoms with E-state index in [-0.39, 0.29) is 11.9 Å². The number of ether oxygens (including phenoxy) is 4. The molecule has 492 valence electrons. The topological polar surface area (TPSA) is 96.8 Å². The normalized spacial score (nSPS) is 11.8. The molecule has 0 amide bonds. The second kappa shape index (κ2) is 42.4. The highest BCUT2D eigenvalue weighted by Gasteiger charge is 2.30. The van der Waals surface area contributed by atoms with Crippen LogP contribution in [0.15, 0.2) is 36.4 Å². The van der Waals surface area contributed by atoms with Crippen molar-refractivity contribution in [2.24, 2.45) is 0 Å². The highest BCUT2D eigenvalue weighted by atomic mass is 32.1. The Balaban J connectivity index is 1.19. The van der Waals surface area contributed by atoms with Crippen LogP contribution in [0.2, 0.25) is 0 Å². The second-order valence-electron chi connectivity index (χ2n) is 25.3. The molecule has 0 saturated heterocycles. The van der Waals surface area contributed by atoms with Gasteiger partial charge in [0.1, 0.15) is 11.0 Å². The van der Waals surface area contributed by atoms with E-state index in [1.165, 1.54) is 209 Å². The van der Waals surface area contributed by atoms with E-state index < -0.39 is 0 Å². The second-order valence-corrected chi connectivity index (χ2v) is 30.4. The fraction of sp³-hybridized carbons (Fsp3) is 0.658. The molecule has 0 spiro atoms. The highest BCUT2D eigenvalue weighted by Crippen LogP contribution is 2.52. The van der Waals surface area contributed by atoms with Gasteiger partial charge < -0.3 is 18.9 Å². The molecule has 0 bridgehead atoms. The molecule has 2 aromatic carbocycles. The van der Waals surface area contributed by atoms with Crippen LogP contribution in [0.1, 0.15) is 316 Å². The predicted octanol–water partition coefficient (Wildman–Crippen LogP) is 26.6. The number of thiophene rings is 4. The standard InChI is InChI=1S/C76H112N2O6S5/c1-7-11-15-19-23-27-31-35-39-43-51-81-71-58(6)69-70(78-89-77-69)68(72(71)82-52-44-40-36-32-28-24-20-16-12-8-2)63-50-49-62(86-63)65-56-60-67(76(80)84-54-46-42-38-34-30-26-22-18-14-10-4)73-59(55-64(87-73)61-48-47-57(5)85-61)66(74(60)88-65)75(79)83-53-45-41-37-33-29-25-21-17-13-9-3/h47-50,55-56H,7-46,51-54H2,1-6H3. The molecule has 0 saturated carbocycles. The van der Waals surface area contributed by atoms with Crippen LogP contribution >= 0.6 is 57.1 Å². The minimum Gasteiger partial charge on any atom is -0.489 e. The van der Waals surface area contributed by atoms with Gasteiger partial charge in [0.15, 0.2) is 11.5 Å². The van der Waals surface area contributed by atoms with E-state index in [0.717, 1.165) is 142 Å². The summed E-state index contributed by atoms with van der Waals surface area (Å²) < 4.78 is 37.9. The first-order valence-corrected chi connectivity index (χ1v) is 39.9. The number of unbranched alkanes of at least 4 members (excludes halogenated alkanes) is 36. The van der Waals surface area contributed by atoms with Gasteiger partial charge in [-0.25, -0.2) is 9.59 Å². The number of fused-ring (bicyclic) bond motifs is 3. The molecule has 0 aliphatic rings. The summed E-state index contributed by atoms with van der Waals surface area (Å²) >= 11 is 7.81. The van der Waals surface area contributed by atoms with E-state index >= 15 is 0 Å². The van der Waals surface area contributed by atoms with Crippen molar-refractivity contribution < 1.29 is 28.5 Å². The van der Waals surface area contributed by atoms with Crippen molar-refractivity contribution in [3.05, 3.63) is 58.0 Å². The Morgan fingerprint density at radius 3 is 1.09 bits per heavy atom. The summed E-state index contributed by atoms with van der Waals surface area (Å²) in [6.07, 6.45) is 49.3. The maximum atomic E-state index is 14.9. The summed E-state index contributed by atoms with van der Waals surface area (Å²) in [4.78, 5) is 36.2. The summed E-state index contributed by atoms with van der Waals surface area (Å²) in [5.41, 5.74) is 4.66. The van der Waals surface area contributed by atoms with Gasteiger partial charge in [-0.05, 0) is 75.9 Å².